The molecule has 22 heavy (non-hydrogen) atoms. The number of amides is 1. The van der Waals surface area contributed by atoms with Crippen LogP contribution in [0.1, 0.15) is 19.7 Å². The molecule has 0 bridgehead atoms. The van der Waals surface area contributed by atoms with Gasteiger partial charge in [-0.05, 0) is 12.1 Å². The van der Waals surface area contributed by atoms with Gasteiger partial charge in [0, 0.05) is 40.0 Å². The van der Waals surface area contributed by atoms with Crippen LogP contribution in [0.15, 0.2) is 12.1 Å². The van der Waals surface area contributed by atoms with Crippen LogP contribution in [0, 0.1) is 0 Å². The fraction of sp³-hybridized carbons (Fsp3) is 0.538. The van der Waals surface area contributed by atoms with E-state index in [9.17, 15) is 13.6 Å². The zero-order valence-electron chi connectivity index (χ0n) is 12.3. The third-order valence-corrected chi connectivity index (χ3v) is 3.69. The fourth-order valence-electron chi connectivity index (χ4n) is 2.47. The van der Waals surface area contributed by atoms with E-state index < -0.39 is 11.7 Å². The Morgan fingerprint density at radius 1 is 1.18 bits per heavy atom. The number of halogens is 2. The predicted molar refractivity (Wildman–Crippen MR) is 74.8 cm³/mol. The van der Waals surface area contributed by atoms with E-state index in [1.54, 1.807) is 17.0 Å². The molecule has 3 rings (SSSR count). The van der Waals surface area contributed by atoms with Crippen LogP contribution >= 0.6 is 0 Å². The number of carbonyl (C=O) groups is 1. The molecule has 2 aromatic rings. The molecule has 3 heterocycles. The van der Waals surface area contributed by atoms with Crippen molar-refractivity contribution in [3.63, 3.8) is 0 Å². The van der Waals surface area contributed by atoms with Gasteiger partial charge < -0.3 is 9.80 Å². The highest BCUT2D eigenvalue weighted by molar-refractivity contribution is 5.73. The van der Waals surface area contributed by atoms with Crippen molar-refractivity contribution >= 4 is 17.4 Å². The molecule has 1 saturated heterocycles. The molecule has 118 valence electrons. The average Bonchev–Trinajstić information content (AvgIpc) is 2.90. The smallest absolute Gasteiger partial charge is 0.305 e. The van der Waals surface area contributed by atoms with E-state index in [1.807, 2.05) is 4.90 Å². The lowest BCUT2D eigenvalue weighted by atomic mass is 10.3. The van der Waals surface area contributed by atoms with Crippen LogP contribution in [0.25, 0.3) is 5.65 Å². The SMILES string of the molecule is CC(=O)N1CCN(c2ccc3nnc(C(C)(F)F)n3n2)CC1. The molecule has 0 unspecified atom stereocenters. The third kappa shape index (κ3) is 2.58. The maximum Gasteiger partial charge on any atom is 0.305 e. The Morgan fingerprint density at radius 2 is 1.86 bits per heavy atom. The Bertz CT molecular complexity index is 702. The van der Waals surface area contributed by atoms with E-state index in [4.69, 9.17) is 0 Å². The zero-order chi connectivity index (χ0) is 15.9. The molecule has 0 atom stereocenters. The number of alkyl halides is 2. The van der Waals surface area contributed by atoms with E-state index in [2.05, 4.69) is 15.3 Å². The molecular weight excluding hydrogens is 294 g/mol. The fourth-order valence-corrected chi connectivity index (χ4v) is 2.47. The summed E-state index contributed by atoms with van der Waals surface area (Å²) in [6, 6.07) is 3.34. The first-order valence-electron chi connectivity index (χ1n) is 6.97. The summed E-state index contributed by atoms with van der Waals surface area (Å²) < 4.78 is 28.1. The molecule has 2 aromatic heterocycles. The van der Waals surface area contributed by atoms with Gasteiger partial charge in [-0.1, -0.05) is 0 Å². The first-order valence-corrected chi connectivity index (χ1v) is 6.97. The number of nitrogens with zero attached hydrogens (tertiary/aromatic N) is 6. The molecule has 7 nitrogen and oxygen atoms in total. The Kier molecular flexibility index (Phi) is 3.42. The normalized spacial score (nSPS) is 16.4. The summed E-state index contributed by atoms with van der Waals surface area (Å²) in [5.74, 6) is -2.99. The number of aromatic nitrogens is 4. The molecular formula is C13H16F2N6O. The van der Waals surface area contributed by atoms with Crippen molar-refractivity contribution in [3.8, 4) is 0 Å². The minimum atomic E-state index is -3.11. The van der Waals surface area contributed by atoms with Crippen LogP contribution in [0.4, 0.5) is 14.6 Å². The van der Waals surface area contributed by atoms with Crippen LogP contribution in [0.3, 0.4) is 0 Å². The summed E-state index contributed by atoms with van der Waals surface area (Å²) >= 11 is 0. The Hall–Kier alpha value is -2.32. The number of carbonyl (C=O) groups excluding carboxylic acids is 1. The standard InChI is InChI=1S/C13H16F2N6O/c1-9(22)19-5-7-20(8-6-19)11-4-3-10-16-17-12(13(2,14)15)21(10)18-11/h3-4H,5-8H2,1-2H3. The van der Waals surface area contributed by atoms with Crippen molar-refractivity contribution in [1.29, 1.82) is 0 Å². The minimum absolute atomic E-state index is 0.0368. The lowest BCUT2D eigenvalue weighted by Crippen LogP contribution is -2.48. The van der Waals surface area contributed by atoms with Gasteiger partial charge >= 0.3 is 5.92 Å². The van der Waals surface area contributed by atoms with Crippen LogP contribution in [-0.4, -0.2) is 56.8 Å². The summed E-state index contributed by atoms with van der Waals surface area (Å²) in [6.07, 6.45) is 0. The first-order chi connectivity index (χ1) is 10.4. The highest BCUT2D eigenvalue weighted by atomic mass is 19.3. The zero-order valence-corrected chi connectivity index (χ0v) is 12.3. The summed E-state index contributed by atoms with van der Waals surface area (Å²) in [5, 5.41) is 11.5. The van der Waals surface area contributed by atoms with Gasteiger partial charge in [0.1, 0.15) is 5.82 Å². The average molecular weight is 310 g/mol. The van der Waals surface area contributed by atoms with Crippen molar-refractivity contribution in [2.75, 3.05) is 31.1 Å². The second-order valence-electron chi connectivity index (χ2n) is 5.37. The second-order valence-corrected chi connectivity index (χ2v) is 5.37. The Morgan fingerprint density at radius 3 is 2.45 bits per heavy atom. The van der Waals surface area contributed by atoms with Gasteiger partial charge in [-0.3, -0.25) is 4.79 Å². The molecule has 9 heteroatoms. The van der Waals surface area contributed by atoms with Gasteiger partial charge in [-0.25, -0.2) is 0 Å². The van der Waals surface area contributed by atoms with Gasteiger partial charge in [0.2, 0.25) is 11.7 Å². The Balaban J connectivity index is 1.88. The molecule has 0 radical (unpaired) electrons. The van der Waals surface area contributed by atoms with E-state index in [1.165, 1.54) is 6.92 Å². The minimum Gasteiger partial charge on any atom is -0.352 e. The van der Waals surface area contributed by atoms with Gasteiger partial charge in [0.05, 0.1) is 0 Å². The second kappa shape index (κ2) is 5.15. The highest BCUT2D eigenvalue weighted by Gasteiger charge is 2.32. The molecule has 0 aliphatic carbocycles. The molecule has 0 N–H and O–H groups in total. The van der Waals surface area contributed by atoms with E-state index in [0.717, 1.165) is 11.4 Å². The number of hydrogen-bond acceptors (Lipinski definition) is 5. The van der Waals surface area contributed by atoms with Crippen LogP contribution in [0.2, 0.25) is 0 Å². The van der Waals surface area contributed by atoms with Crippen LogP contribution < -0.4 is 4.90 Å². The first kappa shape index (κ1) is 14.6. The van der Waals surface area contributed by atoms with E-state index in [0.29, 0.717) is 32.0 Å². The molecule has 0 aromatic carbocycles. The molecule has 1 aliphatic rings. The molecule has 0 spiro atoms. The number of hydrogen-bond donors (Lipinski definition) is 0. The molecule has 0 saturated carbocycles. The van der Waals surface area contributed by atoms with Crippen LogP contribution in [-0.2, 0) is 10.7 Å². The summed E-state index contributed by atoms with van der Waals surface area (Å²) in [7, 11) is 0. The highest BCUT2D eigenvalue weighted by Crippen LogP contribution is 2.25. The topological polar surface area (TPSA) is 66.6 Å². The quantitative estimate of drug-likeness (QED) is 0.824. The molecule has 1 amide bonds. The molecule has 1 fully saturated rings. The van der Waals surface area contributed by atoms with Crippen molar-refractivity contribution in [2.45, 2.75) is 19.8 Å². The third-order valence-electron chi connectivity index (χ3n) is 3.69. The van der Waals surface area contributed by atoms with Gasteiger partial charge in [-0.15, -0.1) is 15.3 Å². The number of piperazine rings is 1. The summed E-state index contributed by atoms with van der Waals surface area (Å²) in [5.41, 5.74) is 0.280. The molecule has 1 aliphatic heterocycles. The van der Waals surface area contributed by atoms with E-state index >= 15 is 0 Å². The maximum absolute atomic E-state index is 13.5. The number of rotatable bonds is 2. The predicted octanol–water partition coefficient (Wildman–Crippen LogP) is 0.905. The number of anilines is 1. The van der Waals surface area contributed by atoms with Crippen molar-refractivity contribution in [1.82, 2.24) is 24.7 Å². The largest absolute Gasteiger partial charge is 0.352 e. The monoisotopic (exact) mass is 310 g/mol. The van der Waals surface area contributed by atoms with Crippen molar-refractivity contribution in [3.05, 3.63) is 18.0 Å². The van der Waals surface area contributed by atoms with Gasteiger partial charge in [0.15, 0.2) is 5.65 Å². The number of fused-ring (bicyclic) bond motifs is 1. The summed E-state index contributed by atoms with van der Waals surface area (Å²) in [6.45, 7) is 4.70. The van der Waals surface area contributed by atoms with Crippen molar-refractivity contribution in [2.24, 2.45) is 0 Å². The van der Waals surface area contributed by atoms with Gasteiger partial charge in [0.25, 0.3) is 0 Å². The lowest BCUT2D eigenvalue weighted by Gasteiger charge is -2.34. The van der Waals surface area contributed by atoms with Gasteiger partial charge in [-0.2, -0.15) is 13.3 Å². The lowest BCUT2D eigenvalue weighted by molar-refractivity contribution is -0.129. The maximum atomic E-state index is 13.5. The van der Waals surface area contributed by atoms with E-state index in [-0.39, 0.29) is 11.6 Å². The van der Waals surface area contributed by atoms with Crippen LogP contribution in [0.5, 0.6) is 0 Å². The Labute approximate surface area is 125 Å². The summed E-state index contributed by atoms with van der Waals surface area (Å²) in [4.78, 5) is 15.0. The van der Waals surface area contributed by atoms with Crippen molar-refractivity contribution < 1.29 is 13.6 Å².